The van der Waals surface area contributed by atoms with Crippen molar-refractivity contribution in [3.8, 4) is 0 Å². The molecule has 2 nitrogen and oxygen atoms in total. The Bertz CT molecular complexity index is 435. The number of hydrogen-bond acceptors (Lipinski definition) is 4. The number of hydrogen-bond donors (Lipinski definition) is 0. The third kappa shape index (κ3) is 9.42. The van der Waals surface area contributed by atoms with E-state index < -0.39 is 16.6 Å². The van der Waals surface area contributed by atoms with Gasteiger partial charge in [-0.3, -0.25) is 0 Å². The maximum atomic E-state index is 7.05. The van der Waals surface area contributed by atoms with Crippen LogP contribution >= 0.6 is 23.5 Å². The summed E-state index contributed by atoms with van der Waals surface area (Å²) in [5.74, 6) is 4.69. The van der Waals surface area contributed by atoms with Gasteiger partial charge in [0.25, 0.3) is 0 Å². The summed E-state index contributed by atoms with van der Waals surface area (Å²) in [4.78, 5) is 0. The van der Waals surface area contributed by atoms with Gasteiger partial charge in [0.1, 0.15) is 0 Å². The van der Waals surface area contributed by atoms with Gasteiger partial charge in [0.05, 0.1) is 12.2 Å². The highest BCUT2D eigenvalue weighted by Crippen LogP contribution is 2.44. The molecule has 0 saturated carbocycles. The summed E-state index contributed by atoms with van der Waals surface area (Å²) in [5, 5.41) is 0. The van der Waals surface area contributed by atoms with E-state index in [0.29, 0.717) is 45.5 Å². The minimum atomic E-state index is -1.79. The van der Waals surface area contributed by atoms with Crippen LogP contribution in [-0.4, -0.2) is 51.9 Å². The average molecular weight is 551 g/mol. The molecule has 34 heavy (non-hydrogen) atoms. The molecule has 0 fully saturated rings. The number of rotatable bonds is 19. The molecule has 206 valence electrons. The van der Waals surface area contributed by atoms with Gasteiger partial charge in [-0.2, -0.15) is 23.5 Å². The van der Waals surface area contributed by atoms with Crippen LogP contribution in [0, 0.1) is 0 Å². The van der Waals surface area contributed by atoms with Gasteiger partial charge in [0, 0.05) is 23.0 Å². The van der Waals surface area contributed by atoms with Crippen LogP contribution in [0.3, 0.4) is 0 Å². The van der Waals surface area contributed by atoms with Crippen LogP contribution in [0.15, 0.2) is 0 Å². The molecule has 2 unspecified atom stereocenters. The Hall–Kier alpha value is 1.05. The predicted octanol–water partition coefficient (Wildman–Crippen LogP) is 10.4. The van der Waals surface area contributed by atoms with Gasteiger partial charge < -0.3 is 8.85 Å². The molecule has 0 aliphatic carbocycles. The maximum absolute atomic E-state index is 7.05. The first-order valence-electron chi connectivity index (χ1n) is 14.2. The largest absolute Gasteiger partial charge is 0.412 e. The number of thioether (sulfide) groups is 2. The molecule has 2 atom stereocenters. The summed E-state index contributed by atoms with van der Waals surface area (Å²) < 4.78 is 14.1. The predicted molar refractivity (Wildman–Crippen MR) is 167 cm³/mol. The molecule has 0 radical (unpaired) electrons. The zero-order chi connectivity index (χ0) is 26.7. The molecule has 0 amide bonds. The maximum Gasteiger partial charge on any atom is 0.200 e. The first-order valence-corrected chi connectivity index (χ1v) is 20.8. The van der Waals surface area contributed by atoms with Crippen molar-refractivity contribution in [3.05, 3.63) is 0 Å². The lowest BCUT2D eigenvalue weighted by molar-refractivity contribution is 0.191. The molecular weight excluding hydrogens is 489 g/mol. The van der Waals surface area contributed by atoms with Gasteiger partial charge in [-0.25, -0.2) is 0 Å². The van der Waals surface area contributed by atoms with E-state index in [1.807, 2.05) is 0 Å². The smallest absolute Gasteiger partial charge is 0.200 e. The van der Waals surface area contributed by atoms with E-state index in [0.717, 1.165) is 24.3 Å². The minimum absolute atomic E-state index is 0.398. The zero-order valence-electron chi connectivity index (χ0n) is 25.5. The molecule has 0 heterocycles. The van der Waals surface area contributed by atoms with Crippen LogP contribution in [0.5, 0.6) is 0 Å². The van der Waals surface area contributed by atoms with Crippen molar-refractivity contribution in [2.24, 2.45) is 0 Å². The molecule has 0 aliphatic rings. The summed E-state index contributed by atoms with van der Waals surface area (Å²) >= 11 is 4.19. The average Bonchev–Trinajstić information content (AvgIpc) is 2.73. The van der Waals surface area contributed by atoms with Gasteiger partial charge in [0.15, 0.2) is 0 Å². The highest BCUT2D eigenvalue weighted by molar-refractivity contribution is 8.02. The van der Waals surface area contributed by atoms with Crippen LogP contribution in [0.25, 0.3) is 0 Å². The fourth-order valence-corrected chi connectivity index (χ4v) is 20.4. The standard InChI is InChI=1S/C28H62O2S2Si2/c1-15-27(29-33(21(3)4,22(5)6)23(7)8)19-31-17-18-32-20-28(16-2)30-34(24(9)10,25(11)12)26(13)14/h21-28H,15-20H2,1-14H3. The van der Waals surface area contributed by atoms with E-state index in [1.165, 1.54) is 11.5 Å². The van der Waals surface area contributed by atoms with Gasteiger partial charge >= 0.3 is 0 Å². The van der Waals surface area contributed by atoms with Crippen molar-refractivity contribution in [3.63, 3.8) is 0 Å². The topological polar surface area (TPSA) is 18.5 Å². The molecule has 0 aliphatic heterocycles. The van der Waals surface area contributed by atoms with E-state index in [-0.39, 0.29) is 0 Å². The third-order valence-electron chi connectivity index (χ3n) is 8.05. The van der Waals surface area contributed by atoms with Crippen LogP contribution < -0.4 is 0 Å². The molecule has 0 aromatic carbocycles. The normalized spacial score (nSPS) is 15.5. The lowest BCUT2D eigenvalue weighted by Crippen LogP contribution is -2.50. The Balaban J connectivity index is 4.76. The van der Waals surface area contributed by atoms with Crippen molar-refractivity contribution < 1.29 is 8.85 Å². The van der Waals surface area contributed by atoms with Crippen molar-refractivity contribution in [1.82, 2.24) is 0 Å². The first kappa shape index (κ1) is 35.1. The molecule has 0 rings (SSSR count). The second-order valence-electron chi connectivity index (χ2n) is 12.1. The van der Waals surface area contributed by atoms with E-state index >= 15 is 0 Å². The van der Waals surface area contributed by atoms with E-state index in [2.05, 4.69) is 120 Å². The second kappa shape index (κ2) is 16.8. The van der Waals surface area contributed by atoms with Crippen LogP contribution in [-0.2, 0) is 8.85 Å². The summed E-state index contributed by atoms with van der Waals surface area (Å²) in [6.45, 7) is 33.3. The van der Waals surface area contributed by atoms with Crippen molar-refractivity contribution >= 4 is 40.2 Å². The highest BCUT2D eigenvalue weighted by atomic mass is 32.2. The van der Waals surface area contributed by atoms with Gasteiger partial charge in [-0.15, -0.1) is 0 Å². The Morgan fingerprint density at radius 1 is 0.471 bits per heavy atom. The first-order chi connectivity index (χ1) is 15.7. The minimum Gasteiger partial charge on any atom is -0.412 e. The fourth-order valence-electron chi connectivity index (χ4n) is 6.41. The van der Waals surface area contributed by atoms with E-state index in [4.69, 9.17) is 8.85 Å². The Labute approximate surface area is 226 Å². The molecule has 0 spiro atoms. The second-order valence-corrected chi connectivity index (χ2v) is 25.2. The van der Waals surface area contributed by atoms with E-state index in [1.54, 1.807) is 0 Å². The van der Waals surface area contributed by atoms with Crippen molar-refractivity contribution in [2.75, 3.05) is 23.0 Å². The van der Waals surface area contributed by atoms with Gasteiger partial charge in [-0.05, 0) is 46.1 Å². The van der Waals surface area contributed by atoms with Crippen LogP contribution in [0.4, 0.5) is 0 Å². The molecule has 0 N–H and O–H groups in total. The SMILES string of the molecule is CCC(CSCCSCC(CC)O[Si](C(C)C)(C(C)C)C(C)C)O[Si](C(C)C)(C(C)C)C(C)C. The molecule has 0 bridgehead atoms. The fraction of sp³-hybridized carbons (Fsp3) is 1.00. The van der Waals surface area contributed by atoms with Crippen LogP contribution in [0.2, 0.25) is 33.2 Å². The highest BCUT2D eigenvalue weighted by Gasteiger charge is 2.47. The Morgan fingerprint density at radius 2 is 0.706 bits per heavy atom. The molecule has 6 heteroatoms. The lowest BCUT2D eigenvalue weighted by Gasteiger charge is -2.44. The summed E-state index contributed by atoms with van der Waals surface area (Å²) in [5.41, 5.74) is 3.95. The zero-order valence-corrected chi connectivity index (χ0v) is 29.1. The molecule has 0 aromatic rings. The Morgan fingerprint density at radius 3 is 0.882 bits per heavy atom. The Kier molecular flexibility index (Phi) is 17.3. The quantitative estimate of drug-likeness (QED) is 0.117. The van der Waals surface area contributed by atoms with Crippen molar-refractivity contribution in [1.29, 1.82) is 0 Å². The van der Waals surface area contributed by atoms with Crippen LogP contribution in [0.1, 0.15) is 110 Å². The third-order valence-corrected chi connectivity index (χ3v) is 22.8. The summed E-state index contributed by atoms with van der Waals surface area (Å²) in [7, 11) is -3.58. The summed E-state index contributed by atoms with van der Waals surface area (Å²) in [6, 6.07) is 0. The van der Waals surface area contributed by atoms with Gasteiger partial charge in [-0.1, -0.05) is 96.9 Å². The summed E-state index contributed by atoms with van der Waals surface area (Å²) in [6.07, 6.45) is 3.05. The van der Waals surface area contributed by atoms with Crippen molar-refractivity contribution in [2.45, 2.75) is 155 Å². The molecule has 0 saturated heterocycles. The molecule has 0 aromatic heterocycles. The van der Waals surface area contributed by atoms with E-state index in [9.17, 15) is 0 Å². The van der Waals surface area contributed by atoms with Gasteiger partial charge in [0.2, 0.25) is 16.6 Å². The molecular formula is C28H62O2S2Si2. The lowest BCUT2D eigenvalue weighted by atomic mass is 10.3. The monoisotopic (exact) mass is 550 g/mol.